The number of aromatic nitrogens is 18. The van der Waals surface area contributed by atoms with Crippen LogP contribution < -0.4 is 78.4 Å². The van der Waals surface area contributed by atoms with Crippen molar-refractivity contribution in [2.75, 3.05) is 75.7 Å². The number of aliphatic hydroxyl groups excluding tert-OH is 2. The third kappa shape index (κ3) is 24.5. The lowest BCUT2D eigenvalue weighted by molar-refractivity contribution is -0.121. The molecule has 6 aliphatic heterocycles. The molecule has 800 valence electrons. The lowest BCUT2D eigenvalue weighted by Crippen LogP contribution is -2.33. The highest BCUT2D eigenvalue weighted by Gasteiger charge is 2.52. The van der Waals surface area contributed by atoms with E-state index in [1.165, 1.54) is 17.8 Å². The van der Waals surface area contributed by atoms with Crippen LogP contribution in [0.15, 0.2) is 137 Å². The molecule has 6 saturated heterocycles. The molecule has 22 N–H and O–H groups in total. The number of ether oxygens (including phenoxy) is 6. The Balaban J connectivity index is 0.513. The molecule has 18 rings (SSSR count). The van der Waals surface area contributed by atoms with Gasteiger partial charge in [-0.25, -0.2) is 52.2 Å². The van der Waals surface area contributed by atoms with Crippen molar-refractivity contribution in [2.45, 2.75) is 194 Å². The van der Waals surface area contributed by atoms with E-state index < -0.39 is 284 Å². The number of anilines is 4. The number of aromatic amines is 5. The van der Waals surface area contributed by atoms with Crippen LogP contribution in [0.25, 0.3) is 50.7 Å². The van der Waals surface area contributed by atoms with Crippen molar-refractivity contribution < 1.29 is 141 Å². The van der Waals surface area contributed by atoms with Gasteiger partial charge in [-0.15, -0.1) is 0 Å². The molecule has 2 aromatic carbocycles. The molecule has 5 unspecified atom stereocenters. The summed E-state index contributed by atoms with van der Waals surface area (Å²) >= 11 is 0. The molecule has 0 spiro atoms. The highest BCUT2D eigenvalue weighted by molar-refractivity contribution is 7.48. The summed E-state index contributed by atoms with van der Waals surface area (Å²) in [4.78, 5) is 227. The van der Waals surface area contributed by atoms with E-state index >= 15 is 0 Å². The Morgan fingerprint density at radius 1 is 0.443 bits per heavy atom. The van der Waals surface area contributed by atoms with E-state index in [0.29, 0.717) is 32.2 Å². The molecule has 0 radical (unpaired) electrons. The molecule has 0 bridgehead atoms. The maximum absolute atomic E-state index is 14.6. The van der Waals surface area contributed by atoms with Crippen LogP contribution in [0.1, 0.15) is 136 Å². The number of imidazole rings is 3. The molecule has 9 aromatic heterocycles. The first kappa shape index (κ1) is 107. The number of phosphoric acid groups is 5. The number of amides is 2. The second-order valence-electron chi connectivity index (χ2n) is 35.4. The number of unbranched alkanes of at least 4 members (excludes halogenated alkanes) is 3. The average molecular weight is 2180 g/mol. The monoisotopic (exact) mass is 2180 g/mol. The molecule has 11 aromatic rings. The van der Waals surface area contributed by atoms with Gasteiger partial charge in [-0.2, -0.15) is 19.9 Å². The minimum absolute atomic E-state index is 0.0196. The second kappa shape index (κ2) is 44.0. The molecule has 149 heavy (non-hydrogen) atoms. The third-order valence-corrected chi connectivity index (χ3v) is 30.4. The van der Waals surface area contributed by atoms with Gasteiger partial charge in [-0.3, -0.25) is 131 Å². The number of carbonyl (C=O) groups is 2. The molecular weight excluding hydrogens is 2080 g/mol. The molecule has 23 atom stereocenters. The van der Waals surface area contributed by atoms with Crippen molar-refractivity contribution in [3.8, 4) is 11.1 Å². The molecule has 67 heteroatoms. The molecule has 0 saturated carbocycles. The summed E-state index contributed by atoms with van der Waals surface area (Å²) in [5.74, 6) is -2.06. The number of benzene rings is 2. The van der Waals surface area contributed by atoms with E-state index in [0.717, 1.165) is 101 Å². The van der Waals surface area contributed by atoms with Gasteiger partial charge in [0.05, 0.1) is 70.3 Å². The summed E-state index contributed by atoms with van der Waals surface area (Å²) in [5, 5.41) is 27.3. The van der Waals surface area contributed by atoms with Gasteiger partial charge in [0.1, 0.15) is 110 Å². The van der Waals surface area contributed by atoms with Crippen molar-refractivity contribution in [3.63, 3.8) is 0 Å². The minimum atomic E-state index is -5.72. The van der Waals surface area contributed by atoms with Crippen molar-refractivity contribution in [1.29, 1.82) is 0 Å². The summed E-state index contributed by atoms with van der Waals surface area (Å²) < 4.78 is 170. The molecular formula is C82H99N24O38P5. The standard InChI is InChI=1S/C82H99N24O38P5/c1-38-27-102(81(117)99-72(38)111)62-24-48(142-145(119,120)129-30-52-45(108)21-60(135-52)104-35-89-66-69(104)93-77(84)96-74(66)113)54(137-62)32-132-149(127,128)144-50-26-65(106-37-91-68-71(106)95-79(86)98-76(68)115)139-56(50)34-133-147(123,124)141-47-23-61(101-19-16-57(83)92-80(101)116)136-53(47)31-131-148(125,126)143-49-25-64(105-36-90-67-70(105)94-78(85)97-75(67)114)138-55(49)33-130-146(121,122)140-46-22-63(134-51(46)29-107)103-28-39(73(112)100-82(103)118)14-15-58(109)87-17-8-2-3-9-18-88-59(110)20-44-42-12-6-4-10-40(42)41-11-5-7-13-43(41)44/h4-7,10-16,19,27-28,35-37,44-56,60-65,107-108H,2-3,8-9,17-18,20-26,29-34H2,1H3,(H,87,109)(H,88,110)(H,119,120)(H,121,122)(H,123,124)(H,125,126)(H,127,128)(H2,83,92,116)(H,99,111,117)(H,100,112,118)(H3,84,93,96,113)(H3,85,94,97,114)(H3,86,95,98,115)/b15-14+/t45-,46-,47-,48-,49-,50-,51+,52+,53+,54+,55+,56+,60+,61+,62+,63+,64+,65+/m0/s1. The highest BCUT2D eigenvalue weighted by Crippen LogP contribution is 2.57. The number of nitrogens with one attached hydrogen (secondary N) is 7. The maximum Gasteiger partial charge on any atom is 0.472 e. The van der Waals surface area contributed by atoms with Crippen LogP contribution in [0.4, 0.5) is 23.7 Å². The Hall–Kier alpha value is -12.2. The van der Waals surface area contributed by atoms with E-state index in [1.807, 2.05) is 36.4 Å². The Morgan fingerprint density at radius 3 is 1.23 bits per heavy atom. The van der Waals surface area contributed by atoms with Crippen LogP contribution in [0.3, 0.4) is 0 Å². The van der Waals surface area contributed by atoms with Crippen LogP contribution in [-0.2, 0) is 106 Å². The summed E-state index contributed by atoms with van der Waals surface area (Å²) in [5.41, 5.74) is 19.2. The van der Waals surface area contributed by atoms with Gasteiger partial charge in [0.25, 0.3) is 27.8 Å². The lowest BCUT2D eigenvalue weighted by Gasteiger charge is -2.26. The molecule has 15 heterocycles. The van der Waals surface area contributed by atoms with Crippen LogP contribution in [-0.4, -0.2) is 260 Å². The van der Waals surface area contributed by atoms with E-state index in [2.05, 4.69) is 82.6 Å². The van der Waals surface area contributed by atoms with Crippen LogP contribution in [0.5, 0.6) is 0 Å². The topological polar surface area (TPSA) is 872 Å². The van der Waals surface area contributed by atoms with Gasteiger partial charge in [-0.1, -0.05) is 61.4 Å². The van der Waals surface area contributed by atoms with Crippen molar-refractivity contribution >= 4 is 114 Å². The first-order chi connectivity index (χ1) is 70.9. The van der Waals surface area contributed by atoms with Crippen molar-refractivity contribution in [1.82, 2.24) is 97.8 Å². The van der Waals surface area contributed by atoms with Gasteiger partial charge < -0.3 is 96.7 Å². The normalized spacial score (nSPS) is 26.5. The zero-order valence-electron chi connectivity index (χ0n) is 77.9. The smallest absolute Gasteiger partial charge is 0.394 e. The fraction of sp³-hybridized carbons (Fsp3) is 0.476. The van der Waals surface area contributed by atoms with Gasteiger partial charge in [0, 0.05) is 94.2 Å². The Morgan fingerprint density at radius 2 is 0.805 bits per heavy atom. The van der Waals surface area contributed by atoms with Crippen molar-refractivity contribution in [2.24, 2.45) is 0 Å². The number of hydrogen-bond donors (Lipinski definition) is 18. The molecule has 62 nitrogen and oxygen atoms in total. The zero-order valence-corrected chi connectivity index (χ0v) is 82.3. The largest absolute Gasteiger partial charge is 0.472 e. The van der Waals surface area contributed by atoms with Crippen molar-refractivity contribution in [3.05, 3.63) is 204 Å². The maximum atomic E-state index is 14.6. The first-order valence-electron chi connectivity index (χ1n) is 46.0. The Kier molecular flexibility index (Phi) is 31.5. The fourth-order valence-electron chi connectivity index (χ4n) is 18.3. The molecule has 6 fully saturated rings. The number of nitrogens with zero attached hydrogens (tertiary/aromatic N) is 13. The number of aryl methyl sites for hydroxylation is 1. The third-order valence-electron chi connectivity index (χ3n) is 25.3. The van der Waals surface area contributed by atoms with Gasteiger partial charge in [-0.05, 0) is 54.2 Å². The number of rotatable bonds is 43. The summed E-state index contributed by atoms with van der Waals surface area (Å²) in [6.45, 7) is -4.26. The van der Waals surface area contributed by atoms with E-state index in [9.17, 15) is 105 Å². The number of hydrogen-bond acceptors (Lipinski definition) is 44. The number of carbonyl (C=O) groups excluding carboxylic acids is 2. The second-order valence-corrected chi connectivity index (χ2v) is 42.4. The average Bonchev–Trinajstić information content (AvgIpc) is 1.69. The fourth-order valence-corrected chi connectivity index (χ4v) is 23.1. The number of nitrogen functional groups attached to an aromatic ring is 4. The van der Waals surface area contributed by atoms with E-state index in [1.54, 1.807) is 0 Å². The van der Waals surface area contributed by atoms with Gasteiger partial charge >= 0.3 is 56.2 Å². The number of phosphoric ester groups is 5. The SMILES string of the molecule is Cc1cn([C@H]2C[C@H](OP(=O)(O)OC[C@H]3O[C@@H](n4cnc5c(=O)[nH]c(N)nc54)C[C@@H]3O)[C@@H](COP(=O)(O)O[C@H]3C[C@H](n4cnc5c(=O)[nH]c(N)nc54)O[C@@H]3COP(=O)(O)O[C@H]3C[C@H](n4ccc(N)nc4=O)O[C@@H]3COP(=O)(O)O[C@H]3C[C@H](n4cnc5c(=O)[nH]c(N)nc54)O[C@@H]3COP(=O)(O)O[C@H]3C[C@H](n4cc(/C=C/C(=O)NCCCCCCNC(=O)CC5c6ccccc6-c6ccccc65)c(=O)[nH]c4=O)O[C@@H]3CO)O2)c(=O)[nH]c1=O. The number of fused-ring (bicyclic) bond motifs is 6. The van der Waals surface area contributed by atoms with Crippen LogP contribution in [0, 0.1) is 6.92 Å². The summed E-state index contributed by atoms with van der Waals surface area (Å²) in [7, 11) is -27.9. The zero-order chi connectivity index (χ0) is 106. The molecule has 7 aliphatic rings. The Labute approximate surface area is 833 Å². The van der Waals surface area contributed by atoms with Gasteiger partial charge in [0.15, 0.2) is 33.5 Å². The first-order valence-corrected chi connectivity index (χ1v) is 53.5. The van der Waals surface area contributed by atoms with Crippen LogP contribution in [0.2, 0.25) is 0 Å². The lowest BCUT2D eigenvalue weighted by atomic mass is 9.93. The van der Waals surface area contributed by atoms with Gasteiger partial charge in [0.2, 0.25) is 29.7 Å². The number of aliphatic hydroxyl groups is 2. The highest BCUT2D eigenvalue weighted by atomic mass is 31.2. The number of H-pyrrole nitrogens is 5. The number of nitrogens with two attached hydrogens (primary N) is 4. The van der Waals surface area contributed by atoms with E-state index in [-0.39, 0.29) is 81.2 Å². The van der Waals surface area contributed by atoms with Crippen LogP contribution >= 0.6 is 39.1 Å². The Bertz CT molecular complexity index is 7680. The van der Waals surface area contributed by atoms with E-state index in [4.69, 9.17) is 96.6 Å². The summed E-state index contributed by atoms with van der Waals surface area (Å²) in [6, 6.07) is 17.3. The predicted octanol–water partition coefficient (Wildman–Crippen LogP) is -0.0217. The summed E-state index contributed by atoms with van der Waals surface area (Å²) in [6.07, 6.45) is -19.9. The molecule has 2 amide bonds. The minimum Gasteiger partial charge on any atom is -0.394 e. The quantitative estimate of drug-likeness (QED) is 0.0136. The molecule has 1 aliphatic carbocycles. The predicted molar refractivity (Wildman–Crippen MR) is 507 cm³/mol.